The van der Waals surface area contributed by atoms with Gasteiger partial charge in [0.2, 0.25) is 0 Å². The average molecular weight is 380 g/mol. The molecule has 1 aromatic rings. The van der Waals surface area contributed by atoms with E-state index >= 15 is 0 Å². The van der Waals surface area contributed by atoms with E-state index in [1.165, 1.54) is 16.7 Å². The molecule has 1 saturated heterocycles. The zero-order valence-electron chi connectivity index (χ0n) is 14.1. The van der Waals surface area contributed by atoms with Crippen molar-refractivity contribution in [1.29, 1.82) is 0 Å². The number of ether oxygens (including phenoxy) is 1. The van der Waals surface area contributed by atoms with Crippen molar-refractivity contribution in [3.63, 3.8) is 0 Å². The molecule has 25 heavy (non-hydrogen) atoms. The summed E-state index contributed by atoms with van der Waals surface area (Å²) in [6.07, 6.45) is 4.27. The third-order valence-electron chi connectivity index (χ3n) is 3.57. The highest BCUT2D eigenvalue weighted by Gasteiger charge is 2.31. The van der Waals surface area contributed by atoms with Gasteiger partial charge in [-0.15, -0.1) is 0 Å². The number of thioether (sulfide) groups is 1. The van der Waals surface area contributed by atoms with Crippen LogP contribution in [0.4, 0.5) is 0 Å². The van der Waals surface area contributed by atoms with E-state index < -0.39 is 5.97 Å². The second kappa shape index (κ2) is 9.58. The molecule has 0 bridgehead atoms. The number of unbranched alkanes of at least 4 members (excludes halogenated alkanes) is 1. The standard InChI is InChI=1S/C18H21NO4S2/c1-2-3-10-23-14-7-4-6-13(11-14)12-15-17(22)19(18(24)25-15)9-5-8-16(20)21/h4,6-7,11-12H,2-3,5,8-10H2,1H3,(H,20,21)/b15-12+. The average Bonchev–Trinajstić information content (AvgIpc) is 2.82. The maximum atomic E-state index is 12.5. The van der Waals surface area contributed by atoms with Gasteiger partial charge in [0.15, 0.2) is 0 Å². The largest absolute Gasteiger partial charge is 0.494 e. The molecule has 0 atom stereocenters. The molecule has 0 radical (unpaired) electrons. The van der Waals surface area contributed by atoms with Gasteiger partial charge >= 0.3 is 5.97 Å². The van der Waals surface area contributed by atoms with Crippen LogP contribution in [-0.2, 0) is 9.59 Å². The number of hydrogen-bond donors (Lipinski definition) is 1. The molecule has 1 N–H and O–H groups in total. The molecule has 1 fully saturated rings. The lowest BCUT2D eigenvalue weighted by Crippen LogP contribution is -2.29. The van der Waals surface area contributed by atoms with Crippen LogP contribution in [0.25, 0.3) is 6.08 Å². The number of carboxylic acids is 1. The fourth-order valence-corrected chi connectivity index (χ4v) is 3.57. The summed E-state index contributed by atoms with van der Waals surface area (Å²) in [4.78, 5) is 25.1. The van der Waals surface area contributed by atoms with Crippen molar-refractivity contribution in [2.24, 2.45) is 0 Å². The molecule has 1 aromatic carbocycles. The van der Waals surface area contributed by atoms with E-state index in [9.17, 15) is 9.59 Å². The SMILES string of the molecule is CCCCOc1cccc(/C=C2/SC(=S)N(CCCC(=O)O)C2=O)c1. The van der Waals surface area contributed by atoms with E-state index in [1.807, 2.05) is 24.3 Å². The van der Waals surface area contributed by atoms with Gasteiger partial charge in [-0.25, -0.2) is 0 Å². The Morgan fingerprint density at radius 1 is 1.40 bits per heavy atom. The van der Waals surface area contributed by atoms with Crippen LogP contribution in [-0.4, -0.2) is 39.4 Å². The van der Waals surface area contributed by atoms with Crippen molar-refractivity contribution >= 4 is 46.3 Å². The van der Waals surface area contributed by atoms with E-state index in [4.69, 9.17) is 22.1 Å². The second-order valence-corrected chi connectivity index (χ2v) is 7.28. The Hall–Kier alpha value is -1.86. The summed E-state index contributed by atoms with van der Waals surface area (Å²) < 4.78 is 6.15. The molecule has 1 aliphatic rings. The molecule has 5 nitrogen and oxygen atoms in total. The van der Waals surface area contributed by atoms with Gasteiger partial charge in [0.05, 0.1) is 11.5 Å². The third-order valence-corrected chi connectivity index (χ3v) is 4.95. The Bertz CT molecular complexity index is 687. The number of rotatable bonds is 9. The predicted molar refractivity (Wildman–Crippen MR) is 104 cm³/mol. The zero-order chi connectivity index (χ0) is 18.2. The number of carbonyl (C=O) groups excluding carboxylic acids is 1. The summed E-state index contributed by atoms with van der Waals surface area (Å²) in [5.41, 5.74) is 0.875. The predicted octanol–water partition coefficient (Wildman–Crippen LogP) is 3.93. The first-order chi connectivity index (χ1) is 12.0. The normalized spacial score (nSPS) is 15.9. The first-order valence-corrected chi connectivity index (χ1v) is 9.43. The Balaban J connectivity index is 2.03. The monoisotopic (exact) mass is 379 g/mol. The summed E-state index contributed by atoms with van der Waals surface area (Å²) in [6.45, 7) is 3.11. The van der Waals surface area contributed by atoms with Gasteiger partial charge in [-0.1, -0.05) is 49.5 Å². The molecule has 134 valence electrons. The van der Waals surface area contributed by atoms with Crippen LogP contribution in [0.15, 0.2) is 29.2 Å². The number of nitrogens with zero attached hydrogens (tertiary/aromatic N) is 1. The van der Waals surface area contributed by atoms with Crippen molar-refractivity contribution in [3.8, 4) is 5.75 Å². The third kappa shape index (κ3) is 5.86. The molecule has 1 amide bonds. The van der Waals surface area contributed by atoms with Gasteiger partial charge in [-0.2, -0.15) is 0 Å². The van der Waals surface area contributed by atoms with Crippen LogP contribution in [0.3, 0.4) is 0 Å². The lowest BCUT2D eigenvalue weighted by molar-refractivity contribution is -0.137. The van der Waals surface area contributed by atoms with E-state index in [0.29, 0.717) is 28.8 Å². The lowest BCUT2D eigenvalue weighted by atomic mass is 10.2. The molecule has 7 heteroatoms. The summed E-state index contributed by atoms with van der Waals surface area (Å²) in [6, 6.07) is 7.58. The molecule has 0 saturated carbocycles. The first-order valence-electron chi connectivity index (χ1n) is 8.21. The summed E-state index contributed by atoms with van der Waals surface area (Å²) in [5.74, 6) is -0.266. The van der Waals surface area contributed by atoms with E-state index in [2.05, 4.69) is 6.92 Å². The molecule has 0 aromatic heterocycles. The highest BCUT2D eigenvalue weighted by Crippen LogP contribution is 2.33. The van der Waals surface area contributed by atoms with Crippen LogP contribution < -0.4 is 4.74 Å². The molecule has 1 heterocycles. The van der Waals surface area contributed by atoms with Crippen LogP contribution >= 0.6 is 24.0 Å². The van der Waals surface area contributed by atoms with Gasteiger partial charge in [-0.3, -0.25) is 14.5 Å². The fraction of sp³-hybridized carbons (Fsp3) is 0.389. The van der Waals surface area contributed by atoms with Crippen molar-refractivity contribution in [1.82, 2.24) is 4.90 Å². The number of benzene rings is 1. The van der Waals surface area contributed by atoms with E-state index in [-0.39, 0.29) is 12.3 Å². The summed E-state index contributed by atoms with van der Waals surface area (Å²) >= 11 is 6.48. The highest BCUT2D eigenvalue weighted by molar-refractivity contribution is 8.26. The van der Waals surface area contributed by atoms with Crippen LogP contribution in [0.5, 0.6) is 5.75 Å². The molecule has 2 rings (SSSR count). The Morgan fingerprint density at radius 3 is 2.92 bits per heavy atom. The van der Waals surface area contributed by atoms with E-state index in [1.54, 1.807) is 6.08 Å². The zero-order valence-corrected chi connectivity index (χ0v) is 15.7. The van der Waals surface area contributed by atoms with Crippen molar-refractivity contribution in [3.05, 3.63) is 34.7 Å². The lowest BCUT2D eigenvalue weighted by Gasteiger charge is -2.13. The number of carbonyl (C=O) groups is 2. The van der Waals surface area contributed by atoms with Gasteiger partial charge in [-0.05, 0) is 36.6 Å². The minimum absolute atomic E-state index is 0.0211. The number of amides is 1. The van der Waals surface area contributed by atoms with Crippen molar-refractivity contribution in [2.45, 2.75) is 32.6 Å². The Labute approximate surface area is 157 Å². The second-order valence-electron chi connectivity index (χ2n) is 5.61. The van der Waals surface area contributed by atoms with Gasteiger partial charge in [0, 0.05) is 13.0 Å². The minimum atomic E-state index is -0.874. The molecule has 1 aliphatic heterocycles. The Kier molecular flexibility index (Phi) is 7.46. The maximum Gasteiger partial charge on any atom is 0.303 e. The molecular formula is C18H21NO4S2. The smallest absolute Gasteiger partial charge is 0.303 e. The van der Waals surface area contributed by atoms with Crippen LogP contribution in [0, 0.1) is 0 Å². The van der Waals surface area contributed by atoms with Crippen LogP contribution in [0.2, 0.25) is 0 Å². The fourth-order valence-electron chi connectivity index (χ4n) is 2.26. The number of carboxylic acid groups (broad SMARTS) is 1. The van der Waals surface area contributed by atoms with E-state index in [0.717, 1.165) is 24.2 Å². The maximum absolute atomic E-state index is 12.5. The van der Waals surface area contributed by atoms with Crippen LogP contribution in [0.1, 0.15) is 38.2 Å². The van der Waals surface area contributed by atoms with Crippen molar-refractivity contribution in [2.75, 3.05) is 13.2 Å². The van der Waals surface area contributed by atoms with Crippen molar-refractivity contribution < 1.29 is 19.4 Å². The highest BCUT2D eigenvalue weighted by atomic mass is 32.2. The molecule has 0 aliphatic carbocycles. The quantitative estimate of drug-likeness (QED) is 0.398. The Morgan fingerprint density at radius 2 is 2.20 bits per heavy atom. The summed E-state index contributed by atoms with van der Waals surface area (Å²) in [5, 5.41) is 8.70. The number of aliphatic carboxylic acids is 1. The molecule has 0 unspecified atom stereocenters. The topological polar surface area (TPSA) is 66.8 Å². The number of thiocarbonyl (C=S) groups is 1. The van der Waals surface area contributed by atoms with Gasteiger partial charge in [0.25, 0.3) is 5.91 Å². The van der Waals surface area contributed by atoms with Gasteiger partial charge < -0.3 is 9.84 Å². The molecular weight excluding hydrogens is 358 g/mol. The number of hydrogen-bond acceptors (Lipinski definition) is 5. The summed E-state index contributed by atoms with van der Waals surface area (Å²) in [7, 11) is 0. The van der Waals surface area contributed by atoms with Gasteiger partial charge in [0.1, 0.15) is 10.1 Å². The molecule has 0 spiro atoms. The first kappa shape index (κ1) is 19.5. The minimum Gasteiger partial charge on any atom is -0.494 e.